The van der Waals surface area contributed by atoms with Crippen molar-refractivity contribution in [2.24, 2.45) is 0 Å². The molecule has 1 aromatic heterocycles. The third kappa shape index (κ3) is 5.44. The van der Waals surface area contributed by atoms with E-state index in [4.69, 9.17) is 23.4 Å². The standard InChI is InChI=1S/C24H24O6/c1-4-28-17-5-7-18(8-6-17)29-16-21-10-9-19(30-21)11-13-23(25)22-15-20(26-2)12-14-24(22)27-3/h5-15H,4,16H2,1-3H3/b13-11+. The second kappa shape index (κ2) is 10.2. The molecule has 6 heteroatoms. The van der Waals surface area contributed by atoms with E-state index in [9.17, 15) is 4.79 Å². The number of ether oxygens (including phenoxy) is 4. The predicted octanol–water partition coefficient (Wildman–Crippen LogP) is 5.17. The van der Waals surface area contributed by atoms with Gasteiger partial charge in [-0.15, -0.1) is 0 Å². The summed E-state index contributed by atoms with van der Waals surface area (Å²) in [6.45, 7) is 2.84. The number of furan rings is 1. The first-order valence-electron chi connectivity index (χ1n) is 9.51. The van der Waals surface area contributed by atoms with E-state index in [1.54, 1.807) is 37.5 Å². The molecule has 156 valence electrons. The summed E-state index contributed by atoms with van der Waals surface area (Å²) in [6.07, 6.45) is 3.05. The summed E-state index contributed by atoms with van der Waals surface area (Å²) in [5.74, 6) is 3.56. The minimum Gasteiger partial charge on any atom is -0.497 e. The normalized spacial score (nSPS) is 10.8. The molecule has 1 heterocycles. The zero-order chi connectivity index (χ0) is 21.3. The number of benzene rings is 2. The molecule has 0 fully saturated rings. The molecule has 0 spiro atoms. The average Bonchev–Trinajstić information content (AvgIpc) is 3.24. The lowest BCUT2D eigenvalue weighted by Gasteiger charge is -2.07. The SMILES string of the molecule is CCOc1ccc(OCc2ccc(/C=C/C(=O)c3cc(OC)ccc3OC)o2)cc1. The van der Waals surface area contributed by atoms with Crippen LogP contribution in [0.1, 0.15) is 28.8 Å². The molecule has 0 unspecified atom stereocenters. The van der Waals surface area contributed by atoms with Gasteiger partial charge < -0.3 is 23.4 Å². The molecule has 0 saturated carbocycles. The Hall–Kier alpha value is -3.67. The maximum atomic E-state index is 12.6. The molecule has 0 saturated heterocycles. The van der Waals surface area contributed by atoms with Crippen molar-refractivity contribution in [1.29, 1.82) is 0 Å². The van der Waals surface area contributed by atoms with E-state index < -0.39 is 0 Å². The fourth-order valence-corrected chi connectivity index (χ4v) is 2.77. The largest absolute Gasteiger partial charge is 0.497 e. The second-order valence-electron chi connectivity index (χ2n) is 6.26. The molecule has 0 bridgehead atoms. The Morgan fingerprint density at radius 1 is 0.900 bits per heavy atom. The quantitative estimate of drug-likeness (QED) is 0.341. The van der Waals surface area contributed by atoms with Gasteiger partial charge in [-0.2, -0.15) is 0 Å². The molecule has 0 aliphatic rings. The van der Waals surface area contributed by atoms with Gasteiger partial charge in [-0.25, -0.2) is 0 Å². The van der Waals surface area contributed by atoms with Crippen LogP contribution in [0.2, 0.25) is 0 Å². The van der Waals surface area contributed by atoms with Gasteiger partial charge in [0.1, 0.15) is 41.1 Å². The van der Waals surface area contributed by atoms with E-state index in [0.29, 0.717) is 40.9 Å². The van der Waals surface area contributed by atoms with E-state index >= 15 is 0 Å². The molecule has 3 aromatic rings. The van der Waals surface area contributed by atoms with Crippen LogP contribution in [0.4, 0.5) is 0 Å². The molecule has 0 amide bonds. The van der Waals surface area contributed by atoms with E-state index in [0.717, 1.165) is 5.75 Å². The molecular weight excluding hydrogens is 384 g/mol. The molecule has 2 aromatic carbocycles. The third-order valence-corrected chi connectivity index (χ3v) is 4.27. The minimum atomic E-state index is -0.214. The Balaban J connectivity index is 1.61. The number of rotatable bonds is 10. The number of hydrogen-bond donors (Lipinski definition) is 0. The molecular formula is C24H24O6. The smallest absolute Gasteiger partial charge is 0.189 e. The fourth-order valence-electron chi connectivity index (χ4n) is 2.77. The molecule has 0 N–H and O–H groups in total. The first-order valence-corrected chi connectivity index (χ1v) is 9.51. The highest BCUT2D eigenvalue weighted by atomic mass is 16.5. The van der Waals surface area contributed by atoms with Gasteiger partial charge in [-0.3, -0.25) is 4.79 Å². The van der Waals surface area contributed by atoms with Crippen LogP contribution in [0, 0.1) is 0 Å². The van der Waals surface area contributed by atoms with Crippen LogP contribution in [0.3, 0.4) is 0 Å². The number of allylic oxidation sites excluding steroid dienone is 1. The second-order valence-corrected chi connectivity index (χ2v) is 6.26. The van der Waals surface area contributed by atoms with Gasteiger partial charge in [0.2, 0.25) is 0 Å². The number of carbonyl (C=O) groups excluding carboxylic acids is 1. The number of hydrogen-bond acceptors (Lipinski definition) is 6. The first-order chi connectivity index (χ1) is 14.6. The van der Waals surface area contributed by atoms with Crippen LogP contribution in [-0.2, 0) is 6.61 Å². The highest BCUT2D eigenvalue weighted by Gasteiger charge is 2.11. The Labute approximate surface area is 175 Å². The van der Waals surface area contributed by atoms with E-state index in [2.05, 4.69) is 0 Å². The van der Waals surface area contributed by atoms with Crippen LogP contribution >= 0.6 is 0 Å². The highest BCUT2D eigenvalue weighted by Crippen LogP contribution is 2.25. The summed E-state index contributed by atoms with van der Waals surface area (Å²) >= 11 is 0. The van der Waals surface area contributed by atoms with Gasteiger partial charge in [-0.1, -0.05) is 0 Å². The lowest BCUT2D eigenvalue weighted by atomic mass is 10.1. The predicted molar refractivity (Wildman–Crippen MR) is 114 cm³/mol. The van der Waals surface area contributed by atoms with Gasteiger partial charge in [0.25, 0.3) is 0 Å². The Morgan fingerprint density at radius 2 is 1.60 bits per heavy atom. The number of carbonyl (C=O) groups is 1. The summed E-state index contributed by atoms with van der Waals surface area (Å²) in [5, 5.41) is 0. The van der Waals surface area contributed by atoms with Gasteiger partial charge in [0, 0.05) is 0 Å². The van der Waals surface area contributed by atoms with Crippen molar-refractivity contribution in [2.45, 2.75) is 13.5 Å². The highest BCUT2D eigenvalue weighted by molar-refractivity contribution is 6.08. The average molecular weight is 408 g/mol. The van der Waals surface area contributed by atoms with Crippen LogP contribution < -0.4 is 18.9 Å². The van der Waals surface area contributed by atoms with Crippen molar-refractivity contribution in [1.82, 2.24) is 0 Å². The number of methoxy groups -OCH3 is 2. The topological polar surface area (TPSA) is 67.1 Å². The van der Waals surface area contributed by atoms with Crippen molar-refractivity contribution in [2.75, 3.05) is 20.8 Å². The van der Waals surface area contributed by atoms with E-state index in [-0.39, 0.29) is 12.4 Å². The van der Waals surface area contributed by atoms with Gasteiger partial charge in [0.15, 0.2) is 5.78 Å². The molecule has 0 aliphatic heterocycles. The monoisotopic (exact) mass is 408 g/mol. The van der Waals surface area contributed by atoms with Crippen molar-refractivity contribution in [3.8, 4) is 23.0 Å². The Bertz CT molecular complexity index is 1000. The Kier molecular flexibility index (Phi) is 7.16. The van der Waals surface area contributed by atoms with Crippen LogP contribution in [0.5, 0.6) is 23.0 Å². The van der Waals surface area contributed by atoms with Gasteiger partial charge in [0.05, 0.1) is 26.4 Å². The number of ketones is 1. The zero-order valence-corrected chi connectivity index (χ0v) is 17.2. The summed E-state index contributed by atoms with van der Waals surface area (Å²) in [6, 6.07) is 16.1. The van der Waals surface area contributed by atoms with Gasteiger partial charge in [-0.05, 0) is 73.7 Å². The molecule has 0 aliphatic carbocycles. The van der Waals surface area contributed by atoms with Crippen molar-refractivity contribution < 1.29 is 28.2 Å². The summed E-state index contributed by atoms with van der Waals surface area (Å²) in [4.78, 5) is 12.6. The lowest BCUT2D eigenvalue weighted by Crippen LogP contribution is -1.99. The summed E-state index contributed by atoms with van der Waals surface area (Å²) in [5.41, 5.74) is 0.415. The first kappa shape index (κ1) is 21.0. The molecule has 30 heavy (non-hydrogen) atoms. The fraction of sp³-hybridized carbons (Fsp3) is 0.208. The van der Waals surface area contributed by atoms with E-state index in [1.807, 2.05) is 37.3 Å². The summed E-state index contributed by atoms with van der Waals surface area (Å²) < 4.78 is 27.3. The Morgan fingerprint density at radius 3 is 2.27 bits per heavy atom. The van der Waals surface area contributed by atoms with Crippen LogP contribution in [0.15, 0.2) is 65.1 Å². The molecule has 0 radical (unpaired) electrons. The van der Waals surface area contributed by atoms with Crippen molar-refractivity contribution in [3.63, 3.8) is 0 Å². The maximum Gasteiger partial charge on any atom is 0.189 e. The summed E-state index contributed by atoms with van der Waals surface area (Å²) in [7, 11) is 3.07. The molecule has 3 rings (SSSR count). The maximum absolute atomic E-state index is 12.6. The lowest BCUT2D eigenvalue weighted by molar-refractivity contribution is 0.104. The van der Waals surface area contributed by atoms with Crippen LogP contribution in [-0.4, -0.2) is 26.6 Å². The van der Waals surface area contributed by atoms with E-state index in [1.165, 1.54) is 13.2 Å². The van der Waals surface area contributed by atoms with Crippen LogP contribution in [0.25, 0.3) is 6.08 Å². The minimum absolute atomic E-state index is 0.214. The third-order valence-electron chi connectivity index (χ3n) is 4.27. The molecule has 0 atom stereocenters. The molecule has 6 nitrogen and oxygen atoms in total. The zero-order valence-electron chi connectivity index (χ0n) is 17.2. The van der Waals surface area contributed by atoms with Crippen molar-refractivity contribution in [3.05, 3.63) is 77.8 Å². The van der Waals surface area contributed by atoms with Gasteiger partial charge >= 0.3 is 0 Å². The van der Waals surface area contributed by atoms with Crippen molar-refractivity contribution >= 4 is 11.9 Å².